The first-order valence-electron chi connectivity index (χ1n) is 6.07. The first kappa shape index (κ1) is 14.3. The molecular weight excluding hydrogens is 228 g/mol. The second kappa shape index (κ2) is 5.71. The molecule has 0 fully saturated rings. The second-order valence-electron chi connectivity index (χ2n) is 4.50. The van der Waals surface area contributed by atoms with E-state index in [9.17, 15) is 9.90 Å². The molecule has 0 saturated heterocycles. The SMILES string of the molecule is CC/C=C(C)/C=C(\C)c1oc(=O)c(C)c(O)c1C. The maximum absolute atomic E-state index is 11.6. The van der Waals surface area contributed by atoms with Gasteiger partial charge in [0, 0.05) is 5.56 Å². The molecule has 0 spiro atoms. The molecule has 18 heavy (non-hydrogen) atoms. The van der Waals surface area contributed by atoms with Gasteiger partial charge in [-0.1, -0.05) is 24.6 Å². The Morgan fingerprint density at radius 2 is 1.89 bits per heavy atom. The van der Waals surface area contributed by atoms with E-state index in [1.54, 1.807) is 13.8 Å². The van der Waals surface area contributed by atoms with Crippen LogP contribution in [0.5, 0.6) is 5.75 Å². The van der Waals surface area contributed by atoms with Crippen LogP contribution in [-0.2, 0) is 0 Å². The van der Waals surface area contributed by atoms with E-state index in [0.29, 0.717) is 11.3 Å². The monoisotopic (exact) mass is 248 g/mol. The molecule has 1 aromatic heterocycles. The van der Waals surface area contributed by atoms with Gasteiger partial charge in [-0.05, 0) is 39.7 Å². The fourth-order valence-electron chi connectivity index (χ4n) is 1.90. The topological polar surface area (TPSA) is 50.4 Å². The van der Waals surface area contributed by atoms with Crippen LogP contribution in [0.4, 0.5) is 0 Å². The summed E-state index contributed by atoms with van der Waals surface area (Å²) in [4.78, 5) is 11.6. The minimum atomic E-state index is -0.488. The van der Waals surface area contributed by atoms with E-state index in [0.717, 1.165) is 17.6 Å². The lowest BCUT2D eigenvalue weighted by Crippen LogP contribution is -2.07. The van der Waals surface area contributed by atoms with Gasteiger partial charge in [-0.15, -0.1) is 0 Å². The summed E-state index contributed by atoms with van der Waals surface area (Å²) in [6.45, 7) is 9.23. The Hall–Kier alpha value is -1.77. The predicted octanol–water partition coefficient (Wildman–Crippen LogP) is 3.72. The van der Waals surface area contributed by atoms with Crippen molar-refractivity contribution in [3.63, 3.8) is 0 Å². The fourth-order valence-corrected chi connectivity index (χ4v) is 1.90. The van der Waals surface area contributed by atoms with Crippen LogP contribution < -0.4 is 5.63 Å². The molecule has 0 amide bonds. The zero-order valence-corrected chi connectivity index (χ0v) is 11.6. The van der Waals surface area contributed by atoms with Crippen molar-refractivity contribution < 1.29 is 9.52 Å². The Kier molecular flexibility index (Phi) is 4.54. The molecule has 0 aliphatic carbocycles. The van der Waals surface area contributed by atoms with Crippen molar-refractivity contribution in [2.45, 2.75) is 41.0 Å². The summed E-state index contributed by atoms with van der Waals surface area (Å²) < 4.78 is 5.25. The van der Waals surface area contributed by atoms with E-state index in [-0.39, 0.29) is 11.3 Å². The van der Waals surface area contributed by atoms with Crippen molar-refractivity contribution in [2.75, 3.05) is 0 Å². The van der Waals surface area contributed by atoms with Crippen molar-refractivity contribution in [2.24, 2.45) is 0 Å². The predicted molar refractivity (Wildman–Crippen MR) is 73.8 cm³/mol. The van der Waals surface area contributed by atoms with E-state index in [1.807, 2.05) is 19.9 Å². The van der Waals surface area contributed by atoms with Crippen LogP contribution in [0.2, 0.25) is 0 Å². The van der Waals surface area contributed by atoms with Crippen LogP contribution in [0, 0.1) is 13.8 Å². The summed E-state index contributed by atoms with van der Waals surface area (Å²) in [6, 6.07) is 0. The summed E-state index contributed by atoms with van der Waals surface area (Å²) in [6.07, 6.45) is 4.99. The van der Waals surface area contributed by atoms with Crippen molar-refractivity contribution >= 4 is 5.57 Å². The molecule has 0 atom stereocenters. The largest absolute Gasteiger partial charge is 0.507 e. The van der Waals surface area contributed by atoms with Crippen LogP contribution in [0.25, 0.3) is 5.57 Å². The van der Waals surface area contributed by atoms with Gasteiger partial charge in [-0.3, -0.25) is 0 Å². The smallest absolute Gasteiger partial charge is 0.342 e. The third-order valence-corrected chi connectivity index (χ3v) is 2.88. The molecule has 0 aliphatic heterocycles. The first-order valence-corrected chi connectivity index (χ1v) is 6.07. The molecule has 1 aromatic rings. The Morgan fingerprint density at radius 3 is 2.44 bits per heavy atom. The molecule has 3 nitrogen and oxygen atoms in total. The second-order valence-corrected chi connectivity index (χ2v) is 4.50. The summed E-state index contributed by atoms with van der Waals surface area (Å²) in [5.41, 5.74) is 2.31. The van der Waals surface area contributed by atoms with Crippen molar-refractivity contribution in [1.29, 1.82) is 0 Å². The number of aromatic hydroxyl groups is 1. The lowest BCUT2D eigenvalue weighted by atomic mass is 10.0. The molecule has 0 unspecified atom stereocenters. The van der Waals surface area contributed by atoms with E-state index < -0.39 is 5.63 Å². The van der Waals surface area contributed by atoms with E-state index in [4.69, 9.17) is 4.42 Å². The standard InChI is InChI=1S/C15H20O3/c1-6-7-9(2)8-10(3)14-11(4)13(16)12(5)15(17)18-14/h7-8,16H,6H2,1-5H3/b9-7+,10-8+. The van der Waals surface area contributed by atoms with E-state index in [1.165, 1.54) is 0 Å². The van der Waals surface area contributed by atoms with Gasteiger partial charge < -0.3 is 9.52 Å². The first-order chi connectivity index (χ1) is 8.38. The minimum absolute atomic E-state index is 0.0196. The number of hydrogen-bond donors (Lipinski definition) is 1. The van der Waals surface area contributed by atoms with Gasteiger partial charge in [0.2, 0.25) is 0 Å². The molecular formula is C15H20O3. The number of allylic oxidation sites excluding steroid dienone is 4. The van der Waals surface area contributed by atoms with Crippen LogP contribution in [0.3, 0.4) is 0 Å². The van der Waals surface area contributed by atoms with E-state index >= 15 is 0 Å². The van der Waals surface area contributed by atoms with Gasteiger partial charge >= 0.3 is 5.63 Å². The minimum Gasteiger partial charge on any atom is -0.507 e. The molecule has 0 radical (unpaired) electrons. The molecule has 1 rings (SSSR count). The third-order valence-electron chi connectivity index (χ3n) is 2.88. The van der Waals surface area contributed by atoms with Crippen LogP contribution in [0.1, 0.15) is 44.1 Å². The molecule has 0 saturated carbocycles. The highest BCUT2D eigenvalue weighted by Crippen LogP contribution is 2.27. The van der Waals surface area contributed by atoms with Crippen molar-refractivity contribution in [1.82, 2.24) is 0 Å². The van der Waals surface area contributed by atoms with Gasteiger partial charge in [-0.25, -0.2) is 4.79 Å². The molecule has 0 bridgehead atoms. The van der Waals surface area contributed by atoms with Crippen LogP contribution >= 0.6 is 0 Å². The normalized spacial score (nSPS) is 12.9. The highest BCUT2D eigenvalue weighted by molar-refractivity contribution is 5.66. The Bertz CT molecular complexity index is 560. The summed E-state index contributed by atoms with van der Waals surface area (Å²) in [5.74, 6) is 0.470. The zero-order chi connectivity index (χ0) is 13.9. The van der Waals surface area contributed by atoms with Gasteiger partial charge in [-0.2, -0.15) is 0 Å². The zero-order valence-electron chi connectivity index (χ0n) is 11.6. The Labute approximate surface area is 107 Å². The molecule has 1 N–H and O–H groups in total. The van der Waals surface area contributed by atoms with Gasteiger partial charge in [0.05, 0.1) is 5.56 Å². The molecule has 1 heterocycles. The highest BCUT2D eigenvalue weighted by atomic mass is 16.4. The average molecular weight is 248 g/mol. The van der Waals surface area contributed by atoms with E-state index in [2.05, 4.69) is 13.0 Å². The number of rotatable bonds is 3. The lowest BCUT2D eigenvalue weighted by molar-refractivity contribution is 0.428. The fraction of sp³-hybridized carbons (Fsp3) is 0.400. The number of hydrogen-bond acceptors (Lipinski definition) is 3. The maximum Gasteiger partial charge on any atom is 0.342 e. The lowest BCUT2D eigenvalue weighted by Gasteiger charge is -2.08. The molecule has 98 valence electrons. The van der Waals surface area contributed by atoms with Gasteiger partial charge in [0.1, 0.15) is 11.5 Å². The molecule has 0 aliphatic rings. The van der Waals surface area contributed by atoms with Gasteiger partial charge in [0.15, 0.2) is 0 Å². The summed E-state index contributed by atoms with van der Waals surface area (Å²) >= 11 is 0. The van der Waals surface area contributed by atoms with Gasteiger partial charge in [0.25, 0.3) is 0 Å². The molecule has 3 heteroatoms. The average Bonchev–Trinajstić information content (AvgIpc) is 2.31. The van der Waals surface area contributed by atoms with Crippen molar-refractivity contribution in [3.8, 4) is 5.75 Å². The Morgan fingerprint density at radius 1 is 1.28 bits per heavy atom. The van der Waals surface area contributed by atoms with Crippen LogP contribution in [-0.4, -0.2) is 5.11 Å². The maximum atomic E-state index is 11.6. The Balaban J connectivity index is 3.35. The summed E-state index contributed by atoms with van der Waals surface area (Å²) in [5, 5.41) is 9.85. The quantitative estimate of drug-likeness (QED) is 0.829. The summed E-state index contributed by atoms with van der Waals surface area (Å²) in [7, 11) is 0. The van der Waals surface area contributed by atoms with Crippen LogP contribution in [0.15, 0.2) is 26.9 Å². The third kappa shape index (κ3) is 2.92. The molecule has 0 aromatic carbocycles. The highest BCUT2D eigenvalue weighted by Gasteiger charge is 2.13. The van der Waals surface area contributed by atoms with Crippen molar-refractivity contribution in [3.05, 3.63) is 45.0 Å².